The molecular weight excluding hydrogens is 172 g/mol. The molecule has 0 bridgehead atoms. The van der Waals surface area contributed by atoms with E-state index in [2.05, 4.69) is 19.9 Å². The number of rotatable bonds is 5. The minimum absolute atomic E-state index is 0.550. The Balaban J connectivity index is 2.68. The summed E-state index contributed by atoms with van der Waals surface area (Å²) in [5.74, 6) is 0.722. The molecule has 1 aromatic rings. The zero-order valence-electron chi connectivity index (χ0n) is 8.99. The van der Waals surface area contributed by atoms with Crippen LogP contribution in [0.25, 0.3) is 0 Å². The first-order valence-corrected chi connectivity index (χ1v) is 5.24. The van der Waals surface area contributed by atoms with E-state index in [1.807, 2.05) is 18.2 Å². The highest BCUT2D eigenvalue weighted by molar-refractivity contribution is 5.56. The summed E-state index contributed by atoms with van der Waals surface area (Å²) in [6, 6.07) is 8.22. The van der Waals surface area contributed by atoms with Gasteiger partial charge in [0.15, 0.2) is 0 Å². The van der Waals surface area contributed by atoms with Crippen molar-refractivity contribution >= 4 is 6.29 Å². The number of hydrogen-bond donors (Lipinski definition) is 0. The molecule has 0 atom stereocenters. The Morgan fingerprint density at radius 2 is 1.86 bits per heavy atom. The van der Waals surface area contributed by atoms with Gasteiger partial charge in [-0.3, -0.25) is 0 Å². The minimum atomic E-state index is 0.550. The van der Waals surface area contributed by atoms with Gasteiger partial charge in [-0.15, -0.1) is 0 Å². The largest absolute Gasteiger partial charge is 0.303 e. The summed E-state index contributed by atoms with van der Waals surface area (Å²) in [4.78, 5) is 10.5. The molecule has 0 saturated heterocycles. The number of aldehydes is 1. The molecule has 0 amide bonds. The van der Waals surface area contributed by atoms with Crippen molar-refractivity contribution in [2.75, 3.05) is 0 Å². The van der Waals surface area contributed by atoms with Crippen LogP contribution >= 0.6 is 0 Å². The van der Waals surface area contributed by atoms with Crippen molar-refractivity contribution in [3.05, 3.63) is 35.4 Å². The molecule has 0 fully saturated rings. The lowest BCUT2D eigenvalue weighted by Gasteiger charge is -2.08. The Labute approximate surface area is 86.1 Å². The summed E-state index contributed by atoms with van der Waals surface area (Å²) in [6.07, 6.45) is 3.81. The van der Waals surface area contributed by atoms with E-state index in [9.17, 15) is 4.79 Å². The van der Waals surface area contributed by atoms with Gasteiger partial charge in [-0.1, -0.05) is 38.1 Å². The average Bonchev–Trinajstić information content (AvgIpc) is 2.17. The Morgan fingerprint density at radius 1 is 1.21 bits per heavy atom. The van der Waals surface area contributed by atoms with Crippen molar-refractivity contribution in [3.63, 3.8) is 0 Å². The SMILES string of the molecule is CC(C)CCc1ccccc1CC=O. The standard InChI is InChI=1S/C13H18O/c1-11(2)7-8-12-5-3-4-6-13(12)9-10-14/h3-6,10-11H,7-9H2,1-2H3. The van der Waals surface area contributed by atoms with Gasteiger partial charge in [-0.05, 0) is 29.9 Å². The van der Waals surface area contributed by atoms with Gasteiger partial charge < -0.3 is 4.79 Å². The van der Waals surface area contributed by atoms with Crippen molar-refractivity contribution in [2.24, 2.45) is 5.92 Å². The second kappa shape index (κ2) is 5.58. The second-order valence-corrected chi connectivity index (χ2v) is 4.07. The van der Waals surface area contributed by atoms with E-state index < -0.39 is 0 Å². The summed E-state index contributed by atoms with van der Waals surface area (Å²) in [5.41, 5.74) is 2.51. The monoisotopic (exact) mass is 190 g/mol. The first-order chi connectivity index (χ1) is 6.74. The van der Waals surface area contributed by atoms with Crippen molar-refractivity contribution in [1.82, 2.24) is 0 Å². The normalized spacial score (nSPS) is 10.5. The molecule has 1 nitrogen and oxygen atoms in total. The van der Waals surface area contributed by atoms with Crippen LogP contribution in [0.2, 0.25) is 0 Å². The van der Waals surface area contributed by atoms with Crippen molar-refractivity contribution < 1.29 is 4.79 Å². The van der Waals surface area contributed by atoms with Crippen LogP contribution in [-0.2, 0) is 17.6 Å². The lowest BCUT2D eigenvalue weighted by atomic mass is 9.97. The summed E-state index contributed by atoms with van der Waals surface area (Å²) in [6.45, 7) is 4.45. The maximum absolute atomic E-state index is 10.5. The third kappa shape index (κ3) is 3.33. The molecule has 0 aliphatic heterocycles. The van der Waals surface area contributed by atoms with Crippen LogP contribution in [0, 0.1) is 5.92 Å². The molecule has 0 unspecified atom stereocenters. The fourth-order valence-electron chi connectivity index (χ4n) is 1.53. The molecule has 76 valence electrons. The number of carbonyl (C=O) groups excluding carboxylic acids is 1. The van der Waals surface area contributed by atoms with Gasteiger partial charge >= 0.3 is 0 Å². The van der Waals surface area contributed by atoms with Crippen molar-refractivity contribution in [1.29, 1.82) is 0 Å². The van der Waals surface area contributed by atoms with Crippen LogP contribution < -0.4 is 0 Å². The van der Waals surface area contributed by atoms with Gasteiger partial charge in [0.05, 0.1) is 0 Å². The van der Waals surface area contributed by atoms with E-state index in [0.717, 1.165) is 18.6 Å². The Hall–Kier alpha value is -1.11. The van der Waals surface area contributed by atoms with E-state index in [1.165, 1.54) is 17.5 Å². The van der Waals surface area contributed by atoms with Crippen LogP contribution in [-0.4, -0.2) is 6.29 Å². The highest BCUT2D eigenvalue weighted by atomic mass is 16.1. The van der Waals surface area contributed by atoms with Gasteiger partial charge in [0.25, 0.3) is 0 Å². The fraction of sp³-hybridized carbons (Fsp3) is 0.462. The molecule has 0 spiro atoms. The topological polar surface area (TPSA) is 17.1 Å². The second-order valence-electron chi connectivity index (χ2n) is 4.07. The van der Waals surface area contributed by atoms with Gasteiger partial charge in [0.1, 0.15) is 6.29 Å². The summed E-state index contributed by atoms with van der Waals surface area (Å²) >= 11 is 0. The minimum Gasteiger partial charge on any atom is -0.303 e. The number of hydrogen-bond acceptors (Lipinski definition) is 1. The molecule has 14 heavy (non-hydrogen) atoms. The van der Waals surface area contributed by atoms with E-state index in [-0.39, 0.29) is 0 Å². The zero-order chi connectivity index (χ0) is 10.4. The average molecular weight is 190 g/mol. The lowest BCUT2D eigenvalue weighted by Crippen LogP contribution is -1.97. The maximum atomic E-state index is 10.5. The number of carbonyl (C=O) groups is 1. The van der Waals surface area contributed by atoms with Crippen LogP contribution in [0.3, 0.4) is 0 Å². The van der Waals surface area contributed by atoms with Gasteiger partial charge in [0.2, 0.25) is 0 Å². The Morgan fingerprint density at radius 3 is 2.43 bits per heavy atom. The van der Waals surface area contributed by atoms with E-state index >= 15 is 0 Å². The highest BCUT2D eigenvalue weighted by Crippen LogP contribution is 2.13. The first-order valence-electron chi connectivity index (χ1n) is 5.24. The highest BCUT2D eigenvalue weighted by Gasteiger charge is 2.02. The van der Waals surface area contributed by atoms with Gasteiger partial charge in [-0.2, -0.15) is 0 Å². The third-order valence-electron chi connectivity index (χ3n) is 2.41. The molecule has 1 heteroatoms. The molecule has 1 aromatic carbocycles. The molecule has 1 rings (SSSR count). The molecule has 0 aromatic heterocycles. The Kier molecular flexibility index (Phi) is 4.37. The van der Waals surface area contributed by atoms with Gasteiger partial charge in [0, 0.05) is 6.42 Å². The molecule has 0 saturated carbocycles. The van der Waals surface area contributed by atoms with Crippen LogP contribution in [0.5, 0.6) is 0 Å². The number of benzene rings is 1. The summed E-state index contributed by atoms with van der Waals surface area (Å²) < 4.78 is 0. The molecule has 0 radical (unpaired) electrons. The first kappa shape index (κ1) is 11.0. The van der Waals surface area contributed by atoms with Crippen LogP contribution in [0.1, 0.15) is 31.4 Å². The third-order valence-corrected chi connectivity index (χ3v) is 2.41. The summed E-state index contributed by atoms with van der Waals surface area (Å²) in [5, 5.41) is 0. The van der Waals surface area contributed by atoms with Gasteiger partial charge in [-0.25, -0.2) is 0 Å². The van der Waals surface area contributed by atoms with E-state index in [4.69, 9.17) is 0 Å². The van der Waals surface area contributed by atoms with Crippen LogP contribution in [0.4, 0.5) is 0 Å². The molecular formula is C13H18O. The zero-order valence-corrected chi connectivity index (χ0v) is 8.99. The smallest absolute Gasteiger partial charge is 0.124 e. The predicted octanol–water partition coefficient (Wildman–Crippen LogP) is 3.02. The molecule has 0 aliphatic carbocycles. The summed E-state index contributed by atoms with van der Waals surface area (Å²) in [7, 11) is 0. The van der Waals surface area contributed by atoms with E-state index in [0.29, 0.717) is 6.42 Å². The van der Waals surface area contributed by atoms with Crippen LogP contribution in [0.15, 0.2) is 24.3 Å². The molecule has 0 N–H and O–H groups in total. The Bertz CT molecular complexity index is 289. The maximum Gasteiger partial charge on any atom is 0.124 e. The predicted molar refractivity (Wildman–Crippen MR) is 59.4 cm³/mol. The fourth-order valence-corrected chi connectivity index (χ4v) is 1.53. The van der Waals surface area contributed by atoms with E-state index in [1.54, 1.807) is 0 Å². The van der Waals surface area contributed by atoms with Crippen molar-refractivity contribution in [3.8, 4) is 0 Å². The van der Waals surface area contributed by atoms with Crippen molar-refractivity contribution in [2.45, 2.75) is 33.1 Å². The lowest BCUT2D eigenvalue weighted by molar-refractivity contribution is -0.107. The number of aryl methyl sites for hydroxylation is 1. The quantitative estimate of drug-likeness (QED) is 0.652. The molecule has 0 aliphatic rings. The molecule has 0 heterocycles.